The van der Waals surface area contributed by atoms with E-state index in [1.54, 1.807) is 34.8 Å². The molecule has 0 spiro atoms. The summed E-state index contributed by atoms with van der Waals surface area (Å²) in [6, 6.07) is 14.5. The first-order valence-electron chi connectivity index (χ1n) is 11.2. The van der Waals surface area contributed by atoms with Crippen LogP contribution in [0.25, 0.3) is 30.9 Å². The van der Waals surface area contributed by atoms with Crippen molar-refractivity contribution in [1.82, 2.24) is 9.88 Å². The molecule has 0 aliphatic carbocycles. The number of likely N-dealkylation sites (N-methyl/N-ethyl adjacent to an activating group) is 1. The van der Waals surface area contributed by atoms with Gasteiger partial charge in [-0.2, -0.15) is 0 Å². The van der Waals surface area contributed by atoms with E-state index in [2.05, 4.69) is 23.2 Å². The van der Waals surface area contributed by atoms with Crippen LogP contribution in [0.2, 0.25) is 0 Å². The van der Waals surface area contributed by atoms with Gasteiger partial charge in [0, 0.05) is 45.7 Å². The quantitative estimate of drug-likeness (QED) is 0.204. The second kappa shape index (κ2) is 8.80. The average molecular weight is 521 g/mol. The number of nitrogens with one attached hydrogen (secondary N) is 1. The summed E-state index contributed by atoms with van der Waals surface area (Å²) >= 11 is 4.62. The van der Waals surface area contributed by atoms with Gasteiger partial charge in [-0.15, -0.1) is 34.0 Å². The van der Waals surface area contributed by atoms with Crippen molar-refractivity contribution >= 4 is 70.9 Å². The lowest BCUT2D eigenvalue weighted by molar-refractivity contribution is -0.384. The summed E-state index contributed by atoms with van der Waals surface area (Å²) in [5.74, 6) is -0.206. The lowest BCUT2D eigenvalue weighted by Crippen LogP contribution is -2.29. The number of carbonyl (C=O) groups excluding carboxylic acids is 1. The highest BCUT2D eigenvalue weighted by Crippen LogP contribution is 2.46. The van der Waals surface area contributed by atoms with Gasteiger partial charge in [-0.05, 0) is 42.8 Å². The van der Waals surface area contributed by atoms with Gasteiger partial charge in [-0.1, -0.05) is 19.1 Å². The maximum absolute atomic E-state index is 13.3. The number of anilines is 1. The van der Waals surface area contributed by atoms with Gasteiger partial charge in [-0.25, -0.2) is 4.98 Å². The number of thiazole rings is 1. The van der Waals surface area contributed by atoms with Gasteiger partial charge in [0.1, 0.15) is 10.0 Å². The number of nitro groups is 1. The molecule has 1 amide bonds. The van der Waals surface area contributed by atoms with Crippen molar-refractivity contribution in [3.63, 3.8) is 0 Å². The van der Waals surface area contributed by atoms with Crippen LogP contribution >= 0.6 is 34.0 Å². The molecule has 0 unspecified atom stereocenters. The number of hydrogen-bond acceptors (Lipinski definition) is 8. The summed E-state index contributed by atoms with van der Waals surface area (Å²) in [5, 5.41) is 16.7. The molecule has 1 aliphatic rings. The Labute approximate surface area is 212 Å². The second-order valence-corrected chi connectivity index (χ2v) is 11.6. The molecule has 10 heteroatoms. The fourth-order valence-electron chi connectivity index (χ4n) is 4.44. The molecule has 35 heavy (non-hydrogen) atoms. The summed E-state index contributed by atoms with van der Waals surface area (Å²) in [4.78, 5) is 33.2. The fraction of sp³-hybridized carbons (Fsp3) is 0.200. The number of non-ortho nitro benzene ring substituents is 1. The van der Waals surface area contributed by atoms with Gasteiger partial charge in [0.25, 0.3) is 11.6 Å². The minimum atomic E-state index is -0.420. The molecule has 0 saturated heterocycles. The van der Waals surface area contributed by atoms with Crippen molar-refractivity contribution in [2.45, 2.75) is 19.9 Å². The zero-order valence-electron chi connectivity index (χ0n) is 18.7. The minimum Gasteiger partial charge on any atom is -0.312 e. The maximum atomic E-state index is 13.3. The molecule has 1 N–H and O–H groups in total. The molecule has 2 aromatic carbocycles. The standard InChI is InChI=1S/C25H20N4O3S3/c1-2-28-10-9-16-21(13-28)35-25(22(16)24-26-17-5-3-4-6-19(17)34-24)27-23(30)20-12-14-11-15(29(31)32)7-8-18(14)33-20/h3-8,11-12H,2,9-10,13H2,1H3,(H,27,30). The third kappa shape index (κ3) is 4.02. The number of aromatic nitrogens is 1. The third-order valence-electron chi connectivity index (χ3n) is 6.25. The molecule has 7 nitrogen and oxygen atoms in total. The number of hydrogen-bond donors (Lipinski definition) is 1. The summed E-state index contributed by atoms with van der Waals surface area (Å²) in [7, 11) is 0. The summed E-state index contributed by atoms with van der Waals surface area (Å²) in [6.45, 7) is 5.02. The number of para-hydroxylation sites is 1. The van der Waals surface area contributed by atoms with Crippen molar-refractivity contribution in [3.8, 4) is 10.6 Å². The van der Waals surface area contributed by atoms with Crippen molar-refractivity contribution in [1.29, 1.82) is 0 Å². The molecule has 176 valence electrons. The first-order chi connectivity index (χ1) is 17.0. The first kappa shape index (κ1) is 22.3. The van der Waals surface area contributed by atoms with Gasteiger partial charge in [0.2, 0.25) is 0 Å². The van der Waals surface area contributed by atoms with E-state index in [1.807, 2.05) is 18.2 Å². The number of rotatable bonds is 5. The van der Waals surface area contributed by atoms with Gasteiger partial charge in [-0.3, -0.25) is 19.8 Å². The molecule has 4 heterocycles. The highest BCUT2D eigenvalue weighted by molar-refractivity contribution is 7.23. The first-order valence-corrected chi connectivity index (χ1v) is 13.7. The number of fused-ring (bicyclic) bond motifs is 3. The van der Waals surface area contributed by atoms with Crippen LogP contribution in [0.4, 0.5) is 10.7 Å². The molecular formula is C25H20N4O3S3. The zero-order valence-corrected chi connectivity index (χ0v) is 21.2. The number of thiophene rings is 2. The zero-order chi connectivity index (χ0) is 24.1. The van der Waals surface area contributed by atoms with Crippen LogP contribution in [-0.2, 0) is 13.0 Å². The van der Waals surface area contributed by atoms with Crippen molar-refractivity contribution in [2.24, 2.45) is 0 Å². The largest absolute Gasteiger partial charge is 0.312 e. The third-order valence-corrected chi connectivity index (χ3v) is 9.55. The molecule has 6 rings (SSSR count). The van der Waals surface area contributed by atoms with E-state index in [4.69, 9.17) is 4.98 Å². The highest BCUT2D eigenvalue weighted by atomic mass is 32.1. The van der Waals surface area contributed by atoms with Crippen LogP contribution in [0.15, 0.2) is 48.5 Å². The van der Waals surface area contributed by atoms with E-state index in [0.29, 0.717) is 10.3 Å². The SMILES string of the molecule is CCN1CCc2c(sc(NC(=O)c3cc4cc([N+](=O)[O-])ccc4s3)c2-c2nc3ccccc3s2)C1. The lowest BCUT2D eigenvalue weighted by Gasteiger charge is -2.25. The highest BCUT2D eigenvalue weighted by Gasteiger charge is 2.28. The van der Waals surface area contributed by atoms with Crippen LogP contribution in [0.1, 0.15) is 27.0 Å². The van der Waals surface area contributed by atoms with E-state index in [-0.39, 0.29) is 11.6 Å². The molecule has 3 aromatic heterocycles. The molecule has 0 atom stereocenters. The van der Waals surface area contributed by atoms with E-state index in [9.17, 15) is 14.9 Å². The lowest BCUT2D eigenvalue weighted by atomic mass is 10.0. The van der Waals surface area contributed by atoms with Crippen LogP contribution in [0, 0.1) is 10.1 Å². The van der Waals surface area contributed by atoms with Crippen LogP contribution in [-0.4, -0.2) is 33.8 Å². The number of nitro benzene ring substituents is 1. The average Bonchev–Trinajstić information content (AvgIpc) is 3.56. The van der Waals surface area contributed by atoms with E-state index in [1.165, 1.54) is 33.9 Å². The number of nitrogens with zero attached hydrogens (tertiary/aromatic N) is 3. The summed E-state index contributed by atoms with van der Waals surface area (Å²) in [5.41, 5.74) is 3.29. The van der Waals surface area contributed by atoms with Crippen molar-refractivity contribution < 1.29 is 9.72 Å². The smallest absolute Gasteiger partial charge is 0.270 e. The maximum Gasteiger partial charge on any atom is 0.270 e. The summed E-state index contributed by atoms with van der Waals surface area (Å²) in [6.07, 6.45) is 0.924. The number of carbonyl (C=O) groups is 1. The van der Waals surface area contributed by atoms with Crippen LogP contribution < -0.4 is 5.32 Å². The molecule has 0 bridgehead atoms. The topological polar surface area (TPSA) is 88.4 Å². The molecule has 5 aromatic rings. The monoisotopic (exact) mass is 520 g/mol. The number of amides is 1. The van der Waals surface area contributed by atoms with Gasteiger partial charge >= 0.3 is 0 Å². The Morgan fingerprint density at radius 2 is 2.00 bits per heavy atom. The molecule has 0 fully saturated rings. The Bertz CT molecular complexity index is 1580. The van der Waals surface area contributed by atoms with Gasteiger partial charge < -0.3 is 5.32 Å². The Morgan fingerprint density at radius 3 is 2.80 bits per heavy atom. The molecular weight excluding hydrogens is 501 g/mol. The van der Waals surface area contributed by atoms with Crippen LogP contribution in [0.3, 0.4) is 0 Å². The van der Waals surface area contributed by atoms with E-state index in [0.717, 1.165) is 56.5 Å². The van der Waals surface area contributed by atoms with Crippen LogP contribution in [0.5, 0.6) is 0 Å². The van der Waals surface area contributed by atoms with Crippen molar-refractivity contribution in [3.05, 3.63) is 74.0 Å². The Hall–Kier alpha value is -3.18. The minimum absolute atomic E-state index is 0.0202. The Balaban J connectivity index is 1.40. The second-order valence-electron chi connectivity index (χ2n) is 8.36. The van der Waals surface area contributed by atoms with E-state index >= 15 is 0 Å². The molecule has 0 radical (unpaired) electrons. The predicted octanol–water partition coefficient (Wildman–Crippen LogP) is 6.78. The normalized spacial score (nSPS) is 13.9. The number of benzene rings is 2. The van der Waals surface area contributed by atoms with Crippen molar-refractivity contribution in [2.75, 3.05) is 18.4 Å². The molecule has 0 saturated carbocycles. The van der Waals surface area contributed by atoms with Gasteiger partial charge in [0.05, 0.1) is 20.0 Å². The fourth-order valence-corrected chi connectivity index (χ4v) is 7.77. The molecule has 1 aliphatic heterocycles. The Morgan fingerprint density at radius 1 is 1.14 bits per heavy atom. The predicted molar refractivity (Wildman–Crippen MR) is 144 cm³/mol. The van der Waals surface area contributed by atoms with E-state index < -0.39 is 4.92 Å². The Kier molecular flexibility index (Phi) is 5.60. The summed E-state index contributed by atoms with van der Waals surface area (Å²) < 4.78 is 1.97. The van der Waals surface area contributed by atoms with Gasteiger partial charge in [0.15, 0.2) is 0 Å².